The smallest absolute Gasteiger partial charge is 0.227 e. The lowest BCUT2D eigenvalue weighted by Gasteiger charge is -2.03. The average Bonchev–Trinajstić information content (AvgIpc) is 3.39. The van der Waals surface area contributed by atoms with Crippen molar-refractivity contribution < 1.29 is 4.79 Å². The fourth-order valence-corrected chi connectivity index (χ4v) is 3.80. The largest absolute Gasteiger partial charge is 0.359 e. The molecule has 0 spiro atoms. The second-order valence-electron chi connectivity index (χ2n) is 6.02. The molecule has 0 unspecified atom stereocenters. The number of hydrogen-bond donors (Lipinski definition) is 1. The first-order valence-corrected chi connectivity index (χ1v) is 9.86. The van der Waals surface area contributed by atoms with Crippen LogP contribution in [0, 0.1) is 0 Å². The minimum Gasteiger partial charge on any atom is -0.359 e. The van der Waals surface area contributed by atoms with E-state index in [4.69, 9.17) is 4.98 Å². The molecule has 1 amide bonds. The molecular weight excluding hydrogens is 388 g/mol. The second kappa shape index (κ2) is 8.23. The molecule has 0 fully saturated rings. The van der Waals surface area contributed by atoms with E-state index >= 15 is 0 Å². The van der Waals surface area contributed by atoms with Crippen molar-refractivity contribution in [3.05, 3.63) is 54.4 Å². The van der Waals surface area contributed by atoms with Crippen LogP contribution in [0.2, 0.25) is 0 Å². The van der Waals surface area contributed by atoms with E-state index in [1.807, 2.05) is 25.1 Å². The Labute approximate surface area is 170 Å². The Kier molecular flexibility index (Phi) is 5.34. The maximum absolute atomic E-state index is 11.8. The normalized spacial score (nSPS) is 10.8. The number of carbonyl (C=O) groups excluding carboxylic acids is 1. The van der Waals surface area contributed by atoms with Gasteiger partial charge in [-0.15, -0.1) is 16.4 Å². The van der Waals surface area contributed by atoms with Crippen LogP contribution in [0.15, 0.2) is 42.9 Å². The van der Waals surface area contributed by atoms with Gasteiger partial charge in [-0.2, -0.15) is 4.68 Å². The van der Waals surface area contributed by atoms with Gasteiger partial charge in [-0.1, -0.05) is 13.0 Å². The molecular formula is C19H18N8OS. The molecule has 10 heteroatoms. The molecule has 0 aliphatic heterocycles. The van der Waals surface area contributed by atoms with Gasteiger partial charge in [0.25, 0.3) is 0 Å². The number of aryl methyl sites for hydroxylation is 1. The molecule has 0 atom stereocenters. The predicted octanol–water partition coefficient (Wildman–Crippen LogP) is 2.09. The Bertz CT molecular complexity index is 1120. The third kappa shape index (κ3) is 3.87. The first-order valence-electron chi connectivity index (χ1n) is 9.05. The van der Waals surface area contributed by atoms with E-state index in [9.17, 15) is 4.79 Å². The maximum atomic E-state index is 11.8. The fourth-order valence-electron chi connectivity index (χ4n) is 2.72. The van der Waals surface area contributed by atoms with Crippen LogP contribution >= 0.6 is 11.3 Å². The number of rotatable bonds is 6. The summed E-state index contributed by atoms with van der Waals surface area (Å²) in [5.41, 5.74) is 0.869. The molecule has 1 N–H and O–H groups in total. The zero-order chi connectivity index (χ0) is 20.2. The summed E-state index contributed by atoms with van der Waals surface area (Å²) in [6.07, 6.45) is 5.85. The maximum Gasteiger partial charge on any atom is 0.227 e. The van der Waals surface area contributed by atoms with Crippen LogP contribution in [0.25, 0.3) is 27.4 Å². The minimum atomic E-state index is -0.159. The number of amides is 1. The molecule has 9 nitrogen and oxygen atoms in total. The van der Waals surface area contributed by atoms with Crippen LogP contribution in [-0.4, -0.2) is 47.7 Å². The topological polar surface area (TPSA) is 111 Å². The van der Waals surface area contributed by atoms with Gasteiger partial charge < -0.3 is 5.32 Å². The highest BCUT2D eigenvalue weighted by Gasteiger charge is 2.22. The third-order valence-corrected chi connectivity index (χ3v) is 5.20. The van der Waals surface area contributed by atoms with E-state index < -0.39 is 0 Å². The van der Waals surface area contributed by atoms with Crippen LogP contribution in [0.3, 0.4) is 0 Å². The van der Waals surface area contributed by atoms with E-state index in [-0.39, 0.29) is 12.3 Å². The van der Waals surface area contributed by atoms with E-state index in [0.717, 1.165) is 10.6 Å². The Morgan fingerprint density at radius 2 is 1.90 bits per heavy atom. The summed E-state index contributed by atoms with van der Waals surface area (Å²) in [6, 6.07) is 7.32. The zero-order valence-corrected chi connectivity index (χ0v) is 16.7. The Balaban J connectivity index is 1.85. The molecule has 29 heavy (non-hydrogen) atoms. The molecule has 4 aromatic rings. The molecule has 4 rings (SSSR count). The highest BCUT2D eigenvalue weighted by atomic mass is 32.1. The summed E-state index contributed by atoms with van der Waals surface area (Å²) < 4.78 is 1.65. The fraction of sp³-hybridized carbons (Fsp3) is 0.211. The first-order chi connectivity index (χ1) is 14.2. The number of pyridine rings is 1. The number of aromatic nitrogens is 7. The highest BCUT2D eigenvalue weighted by molar-refractivity contribution is 7.18. The lowest BCUT2D eigenvalue weighted by molar-refractivity contribution is -0.120. The summed E-state index contributed by atoms with van der Waals surface area (Å²) >= 11 is 1.45. The SMILES string of the molecule is CCc1nc(-c2ncccn2)sc1-c1nc(CC(=O)NC)nn1-c1ccccn1. The lowest BCUT2D eigenvalue weighted by atomic mass is 10.3. The van der Waals surface area contributed by atoms with Crippen molar-refractivity contribution >= 4 is 17.2 Å². The van der Waals surface area contributed by atoms with Crippen molar-refractivity contribution in [3.8, 4) is 27.4 Å². The quantitative estimate of drug-likeness (QED) is 0.522. The van der Waals surface area contributed by atoms with Crippen molar-refractivity contribution in [2.75, 3.05) is 7.05 Å². The van der Waals surface area contributed by atoms with Crippen LogP contribution in [0.1, 0.15) is 18.4 Å². The third-order valence-electron chi connectivity index (χ3n) is 4.11. The van der Waals surface area contributed by atoms with Gasteiger partial charge in [0.15, 0.2) is 28.3 Å². The van der Waals surface area contributed by atoms with Crippen LogP contribution in [0.5, 0.6) is 0 Å². The van der Waals surface area contributed by atoms with Gasteiger partial charge in [-0.05, 0) is 24.6 Å². The van der Waals surface area contributed by atoms with Crippen molar-refractivity contribution in [2.45, 2.75) is 19.8 Å². The summed E-state index contributed by atoms with van der Waals surface area (Å²) in [5.74, 6) is 2.03. The van der Waals surface area contributed by atoms with Gasteiger partial charge >= 0.3 is 0 Å². The van der Waals surface area contributed by atoms with Gasteiger partial charge in [0.05, 0.1) is 17.0 Å². The second-order valence-corrected chi connectivity index (χ2v) is 7.02. The van der Waals surface area contributed by atoms with Crippen LogP contribution in [-0.2, 0) is 17.6 Å². The molecule has 146 valence electrons. The van der Waals surface area contributed by atoms with Crippen molar-refractivity contribution in [2.24, 2.45) is 0 Å². The minimum absolute atomic E-state index is 0.0816. The van der Waals surface area contributed by atoms with E-state index in [2.05, 4.69) is 30.4 Å². The molecule has 0 saturated carbocycles. The number of thiazole rings is 1. The van der Waals surface area contributed by atoms with Gasteiger partial charge in [-0.3, -0.25) is 4.79 Å². The summed E-state index contributed by atoms with van der Waals surface area (Å²) in [6.45, 7) is 2.03. The number of nitrogens with zero attached hydrogens (tertiary/aromatic N) is 7. The average molecular weight is 406 g/mol. The van der Waals surface area contributed by atoms with Gasteiger partial charge in [0.1, 0.15) is 0 Å². The van der Waals surface area contributed by atoms with Crippen LogP contribution < -0.4 is 5.32 Å². The molecule has 0 aliphatic carbocycles. The van der Waals surface area contributed by atoms with Crippen LogP contribution in [0.4, 0.5) is 0 Å². The zero-order valence-electron chi connectivity index (χ0n) is 15.9. The molecule has 4 aromatic heterocycles. The van der Waals surface area contributed by atoms with Gasteiger partial charge in [-0.25, -0.2) is 24.9 Å². The molecule has 0 saturated heterocycles. The summed E-state index contributed by atoms with van der Waals surface area (Å²) in [4.78, 5) is 35.0. The van der Waals surface area contributed by atoms with E-state index in [1.165, 1.54) is 11.3 Å². The van der Waals surface area contributed by atoms with E-state index in [0.29, 0.717) is 34.7 Å². The number of nitrogens with one attached hydrogen (secondary N) is 1. The lowest BCUT2D eigenvalue weighted by Crippen LogP contribution is -2.20. The molecule has 0 aromatic carbocycles. The van der Waals surface area contributed by atoms with Crippen molar-refractivity contribution in [1.29, 1.82) is 0 Å². The monoisotopic (exact) mass is 406 g/mol. The number of hydrogen-bond acceptors (Lipinski definition) is 8. The van der Waals surface area contributed by atoms with Crippen molar-refractivity contribution in [3.63, 3.8) is 0 Å². The van der Waals surface area contributed by atoms with Crippen molar-refractivity contribution in [1.82, 2.24) is 40.0 Å². The molecule has 0 bridgehead atoms. The predicted molar refractivity (Wildman–Crippen MR) is 108 cm³/mol. The molecule has 0 radical (unpaired) electrons. The summed E-state index contributed by atoms with van der Waals surface area (Å²) in [7, 11) is 1.59. The molecule has 0 aliphatic rings. The first kappa shape index (κ1) is 18.8. The standard InChI is InChI=1S/C19H18N8OS/c1-3-12-16(29-19(24-12)17-22-9-6-10-23-17)18-25-13(11-15(28)20-2)26-27(18)14-7-4-5-8-21-14/h4-10H,3,11H2,1-2H3,(H,20,28). The van der Waals surface area contributed by atoms with Gasteiger partial charge in [0.2, 0.25) is 5.91 Å². The van der Waals surface area contributed by atoms with E-state index in [1.54, 1.807) is 36.4 Å². The molecule has 4 heterocycles. The summed E-state index contributed by atoms with van der Waals surface area (Å²) in [5, 5.41) is 7.84. The Hall–Kier alpha value is -3.53. The Morgan fingerprint density at radius 3 is 2.59 bits per heavy atom. The Morgan fingerprint density at radius 1 is 1.10 bits per heavy atom. The number of likely N-dealkylation sites (N-methyl/N-ethyl adjacent to an activating group) is 1. The highest BCUT2D eigenvalue weighted by Crippen LogP contribution is 2.34. The van der Waals surface area contributed by atoms with Gasteiger partial charge in [0, 0.05) is 25.6 Å². The number of carbonyl (C=O) groups is 1.